The lowest BCUT2D eigenvalue weighted by atomic mass is 10.2. The lowest BCUT2D eigenvalue weighted by Crippen LogP contribution is -2.41. The Kier molecular flexibility index (Phi) is 3.03. The molecule has 1 aliphatic heterocycles. The molecule has 1 heterocycles. The molecule has 0 bridgehead atoms. The van der Waals surface area contributed by atoms with Gasteiger partial charge in [0.2, 0.25) is 5.91 Å². The lowest BCUT2D eigenvalue weighted by molar-refractivity contribution is -0.120. The van der Waals surface area contributed by atoms with Gasteiger partial charge in [-0.05, 0) is 26.3 Å². The average Bonchev–Trinajstić information content (AvgIpc) is 2.89. The second-order valence-corrected chi connectivity index (χ2v) is 4.31. The van der Waals surface area contributed by atoms with Crippen molar-refractivity contribution in [3.8, 4) is 0 Å². The topological polar surface area (TPSA) is 44.4 Å². The Hall–Kier alpha value is -0.610. The van der Waals surface area contributed by atoms with Crippen LogP contribution in [0.5, 0.6) is 0 Å². The number of hydrogen-bond acceptors (Lipinski definition) is 3. The van der Waals surface area contributed by atoms with Crippen molar-refractivity contribution in [1.82, 2.24) is 15.5 Å². The van der Waals surface area contributed by atoms with Crippen LogP contribution in [0.25, 0.3) is 0 Å². The van der Waals surface area contributed by atoms with Crippen LogP contribution in [0.15, 0.2) is 0 Å². The van der Waals surface area contributed by atoms with Gasteiger partial charge in [-0.2, -0.15) is 0 Å². The quantitative estimate of drug-likeness (QED) is 0.642. The predicted molar refractivity (Wildman–Crippen MR) is 55.1 cm³/mol. The molecule has 2 aliphatic rings. The SMILES string of the molecule is CNCC(=O)NC1CCN(C2CC2)C1. The number of carbonyl (C=O) groups is 1. The molecule has 1 amide bonds. The van der Waals surface area contributed by atoms with E-state index in [1.165, 1.54) is 12.8 Å². The minimum atomic E-state index is 0.121. The number of carbonyl (C=O) groups excluding carboxylic acids is 1. The van der Waals surface area contributed by atoms with Gasteiger partial charge in [0, 0.05) is 25.2 Å². The van der Waals surface area contributed by atoms with E-state index in [0.717, 1.165) is 25.6 Å². The first-order valence-corrected chi connectivity index (χ1v) is 5.47. The molecule has 1 aliphatic carbocycles. The fourth-order valence-electron chi connectivity index (χ4n) is 2.12. The highest BCUT2D eigenvalue weighted by Gasteiger charge is 2.34. The zero-order valence-electron chi connectivity index (χ0n) is 8.75. The van der Waals surface area contributed by atoms with E-state index in [1.807, 2.05) is 0 Å². The van der Waals surface area contributed by atoms with Gasteiger partial charge < -0.3 is 10.6 Å². The fourth-order valence-corrected chi connectivity index (χ4v) is 2.12. The molecule has 0 aromatic carbocycles. The average molecular weight is 197 g/mol. The molecule has 2 fully saturated rings. The zero-order valence-corrected chi connectivity index (χ0v) is 8.75. The van der Waals surface area contributed by atoms with Gasteiger partial charge in [0.1, 0.15) is 0 Å². The Morgan fingerprint density at radius 2 is 2.21 bits per heavy atom. The molecule has 4 nitrogen and oxygen atoms in total. The maximum Gasteiger partial charge on any atom is 0.234 e. The van der Waals surface area contributed by atoms with Gasteiger partial charge in [-0.3, -0.25) is 9.69 Å². The minimum absolute atomic E-state index is 0.121. The molecule has 2 rings (SSSR count). The summed E-state index contributed by atoms with van der Waals surface area (Å²) >= 11 is 0. The smallest absolute Gasteiger partial charge is 0.234 e. The van der Waals surface area contributed by atoms with Crippen LogP contribution in [-0.4, -0.2) is 49.6 Å². The number of likely N-dealkylation sites (N-methyl/N-ethyl adjacent to an activating group) is 1. The van der Waals surface area contributed by atoms with E-state index in [0.29, 0.717) is 12.6 Å². The van der Waals surface area contributed by atoms with Gasteiger partial charge in [0.15, 0.2) is 0 Å². The molecule has 0 aromatic heterocycles. The number of amides is 1. The Bertz CT molecular complexity index is 215. The molecule has 2 N–H and O–H groups in total. The maximum absolute atomic E-state index is 11.3. The number of nitrogens with zero attached hydrogens (tertiary/aromatic N) is 1. The number of nitrogens with one attached hydrogen (secondary N) is 2. The molecule has 14 heavy (non-hydrogen) atoms. The van der Waals surface area contributed by atoms with E-state index < -0.39 is 0 Å². The van der Waals surface area contributed by atoms with Crippen molar-refractivity contribution in [2.45, 2.75) is 31.3 Å². The maximum atomic E-state index is 11.3. The normalized spacial score (nSPS) is 27.9. The summed E-state index contributed by atoms with van der Waals surface area (Å²) in [7, 11) is 1.80. The van der Waals surface area contributed by atoms with Crippen LogP contribution in [0, 0.1) is 0 Å². The summed E-state index contributed by atoms with van der Waals surface area (Å²) < 4.78 is 0. The highest BCUT2D eigenvalue weighted by Crippen LogP contribution is 2.29. The molecule has 0 radical (unpaired) electrons. The predicted octanol–water partition coefficient (Wildman–Crippen LogP) is -0.441. The van der Waals surface area contributed by atoms with Crippen molar-refractivity contribution in [3.05, 3.63) is 0 Å². The molecule has 80 valence electrons. The van der Waals surface area contributed by atoms with Crippen LogP contribution in [0.2, 0.25) is 0 Å². The van der Waals surface area contributed by atoms with Gasteiger partial charge in [-0.25, -0.2) is 0 Å². The lowest BCUT2D eigenvalue weighted by Gasteiger charge is -2.15. The van der Waals surface area contributed by atoms with E-state index in [9.17, 15) is 4.79 Å². The van der Waals surface area contributed by atoms with Crippen LogP contribution in [0.3, 0.4) is 0 Å². The standard InChI is InChI=1S/C10H19N3O/c1-11-6-10(14)12-8-4-5-13(7-8)9-2-3-9/h8-9,11H,2-7H2,1H3,(H,12,14). The summed E-state index contributed by atoms with van der Waals surface area (Å²) in [5, 5.41) is 5.91. The largest absolute Gasteiger partial charge is 0.351 e. The first-order chi connectivity index (χ1) is 6.79. The number of rotatable bonds is 4. The highest BCUT2D eigenvalue weighted by atomic mass is 16.2. The third kappa shape index (κ3) is 2.45. The van der Waals surface area contributed by atoms with Gasteiger partial charge in [-0.1, -0.05) is 0 Å². The summed E-state index contributed by atoms with van der Waals surface area (Å²) in [6, 6.07) is 1.22. The second kappa shape index (κ2) is 4.28. The monoisotopic (exact) mass is 197 g/mol. The van der Waals surface area contributed by atoms with Crippen LogP contribution in [-0.2, 0) is 4.79 Å². The third-order valence-electron chi connectivity index (χ3n) is 2.99. The van der Waals surface area contributed by atoms with Crippen LogP contribution in [0.4, 0.5) is 0 Å². The Morgan fingerprint density at radius 1 is 1.43 bits per heavy atom. The molecule has 0 spiro atoms. The zero-order chi connectivity index (χ0) is 9.97. The summed E-state index contributed by atoms with van der Waals surface area (Å²) in [5.41, 5.74) is 0. The Labute approximate surface area is 85.0 Å². The van der Waals surface area contributed by atoms with Crippen molar-refractivity contribution in [1.29, 1.82) is 0 Å². The van der Waals surface area contributed by atoms with Crippen LogP contribution < -0.4 is 10.6 Å². The van der Waals surface area contributed by atoms with Gasteiger partial charge in [0.25, 0.3) is 0 Å². The van der Waals surface area contributed by atoms with Gasteiger partial charge in [-0.15, -0.1) is 0 Å². The van der Waals surface area contributed by atoms with E-state index in [4.69, 9.17) is 0 Å². The number of likely N-dealkylation sites (tertiary alicyclic amines) is 1. The molecule has 1 saturated carbocycles. The molecule has 1 atom stereocenters. The van der Waals surface area contributed by atoms with E-state index in [1.54, 1.807) is 7.05 Å². The molecule has 1 unspecified atom stereocenters. The summed E-state index contributed by atoms with van der Waals surface area (Å²) in [6.07, 6.45) is 3.83. The minimum Gasteiger partial charge on any atom is -0.351 e. The summed E-state index contributed by atoms with van der Waals surface area (Å²) in [6.45, 7) is 2.65. The van der Waals surface area contributed by atoms with E-state index in [-0.39, 0.29) is 5.91 Å². The van der Waals surface area contributed by atoms with Crippen molar-refractivity contribution in [3.63, 3.8) is 0 Å². The van der Waals surface area contributed by atoms with Gasteiger partial charge >= 0.3 is 0 Å². The molecular weight excluding hydrogens is 178 g/mol. The van der Waals surface area contributed by atoms with E-state index in [2.05, 4.69) is 15.5 Å². The van der Waals surface area contributed by atoms with E-state index >= 15 is 0 Å². The molecule has 4 heteroatoms. The number of hydrogen-bond donors (Lipinski definition) is 2. The summed E-state index contributed by atoms with van der Waals surface area (Å²) in [5.74, 6) is 0.121. The van der Waals surface area contributed by atoms with Crippen molar-refractivity contribution in [2.24, 2.45) is 0 Å². The third-order valence-corrected chi connectivity index (χ3v) is 2.99. The van der Waals surface area contributed by atoms with Crippen molar-refractivity contribution >= 4 is 5.91 Å². The Balaban J connectivity index is 1.69. The Morgan fingerprint density at radius 3 is 2.86 bits per heavy atom. The first kappa shape index (κ1) is 9.93. The second-order valence-electron chi connectivity index (χ2n) is 4.31. The van der Waals surface area contributed by atoms with Crippen molar-refractivity contribution < 1.29 is 4.79 Å². The van der Waals surface area contributed by atoms with Crippen LogP contribution in [0.1, 0.15) is 19.3 Å². The van der Waals surface area contributed by atoms with Crippen molar-refractivity contribution in [2.75, 3.05) is 26.7 Å². The fraction of sp³-hybridized carbons (Fsp3) is 0.900. The molecule has 0 aromatic rings. The van der Waals surface area contributed by atoms with Gasteiger partial charge in [0.05, 0.1) is 6.54 Å². The van der Waals surface area contributed by atoms with Crippen LogP contribution >= 0.6 is 0 Å². The summed E-state index contributed by atoms with van der Waals surface area (Å²) in [4.78, 5) is 13.8. The first-order valence-electron chi connectivity index (χ1n) is 5.47. The molecular formula is C10H19N3O. The highest BCUT2D eigenvalue weighted by molar-refractivity contribution is 5.78. The molecule has 1 saturated heterocycles.